The number of rotatable bonds is 11. The standard InChI is InChI=1S/C37H45ClF3N11O5/c1-8-22(13-14-48(5)6)33(54)50-15-17-51(18-16-50)34(55)24-10-9-23(19-26(24)38)43-32(53)31-42-20-27(49(31)7)25-21-52(47-30(25)37(39,40)41)29-12-11-28(45-46-29)44-35(56)57-36(2,3)4/h9-12,19-22H,8,13-18H2,1-7H3,(H,43,53)(H,44,45,56). The lowest BCUT2D eigenvalue weighted by molar-refractivity contribution is -0.141. The van der Waals surface area contributed by atoms with Crippen LogP contribution in [0.1, 0.15) is 67.2 Å². The van der Waals surface area contributed by atoms with Crippen molar-refractivity contribution in [3.05, 3.63) is 64.8 Å². The lowest BCUT2D eigenvalue weighted by Crippen LogP contribution is -2.52. The summed E-state index contributed by atoms with van der Waals surface area (Å²) in [5.41, 5.74) is -2.07. The molecular formula is C37H45ClF3N11O5. The van der Waals surface area contributed by atoms with Gasteiger partial charge in [-0.3, -0.25) is 19.7 Å². The maximum Gasteiger partial charge on any atom is 0.435 e. The molecule has 0 radical (unpaired) electrons. The van der Waals surface area contributed by atoms with Crippen molar-refractivity contribution in [2.45, 2.75) is 52.3 Å². The summed E-state index contributed by atoms with van der Waals surface area (Å²) in [6, 6.07) is 6.99. The zero-order chi connectivity index (χ0) is 41.8. The third kappa shape index (κ3) is 10.4. The number of piperazine rings is 1. The Kier molecular flexibility index (Phi) is 12.9. The van der Waals surface area contributed by atoms with Crippen LogP contribution in [-0.4, -0.2) is 120 Å². The second kappa shape index (κ2) is 17.3. The van der Waals surface area contributed by atoms with Gasteiger partial charge in [-0.05, 0) is 84.6 Å². The second-order valence-electron chi connectivity index (χ2n) is 14.7. The topological polar surface area (TPSA) is 173 Å². The van der Waals surface area contributed by atoms with E-state index in [1.165, 1.54) is 41.9 Å². The number of hydrogen-bond acceptors (Lipinski definition) is 10. The number of alkyl halides is 3. The van der Waals surface area contributed by atoms with Crippen LogP contribution in [0.2, 0.25) is 5.02 Å². The Labute approximate surface area is 332 Å². The molecule has 1 aromatic carbocycles. The summed E-state index contributed by atoms with van der Waals surface area (Å²) in [5, 5.41) is 16.5. The first-order valence-electron chi connectivity index (χ1n) is 18.1. The minimum absolute atomic E-state index is 0.000578. The summed E-state index contributed by atoms with van der Waals surface area (Å²) in [4.78, 5) is 61.5. The van der Waals surface area contributed by atoms with Gasteiger partial charge in [0.1, 0.15) is 5.60 Å². The van der Waals surface area contributed by atoms with E-state index in [1.54, 1.807) is 30.6 Å². The SMILES string of the molecule is CCC(CCN(C)C)C(=O)N1CCN(C(=O)c2ccc(NC(=O)c3ncc(-c4cn(-c5ccc(NC(=O)OC(C)(C)C)nn5)nc4C(F)(F)F)n3C)cc2Cl)CC1. The molecular weight excluding hydrogens is 771 g/mol. The molecule has 3 aromatic heterocycles. The summed E-state index contributed by atoms with van der Waals surface area (Å²) < 4.78 is 49.9. The van der Waals surface area contributed by atoms with E-state index in [0.717, 1.165) is 36.5 Å². The molecule has 1 saturated heterocycles. The van der Waals surface area contributed by atoms with Gasteiger partial charge >= 0.3 is 12.3 Å². The predicted molar refractivity (Wildman–Crippen MR) is 205 cm³/mol. The number of aromatic nitrogens is 6. The fourth-order valence-corrected chi connectivity index (χ4v) is 6.37. The van der Waals surface area contributed by atoms with Crippen molar-refractivity contribution >= 4 is 46.9 Å². The van der Waals surface area contributed by atoms with Crippen molar-refractivity contribution in [3.8, 4) is 17.1 Å². The molecule has 2 N–H and O–H groups in total. The molecule has 1 aliphatic rings. The van der Waals surface area contributed by atoms with Gasteiger partial charge in [-0.15, -0.1) is 10.2 Å². The average molecular weight is 816 g/mol. The molecule has 4 aromatic rings. The molecule has 20 heteroatoms. The van der Waals surface area contributed by atoms with Gasteiger partial charge in [0.15, 0.2) is 23.2 Å². The summed E-state index contributed by atoms with van der Waals surface area (Å²) >= 11 is 6.52. The summed E-state index contributed by atoms with van der Waals surface area (Å²) in [6.45, 7) is 9.33. The molecule has 0 spiro atoms. The quantitative estimate of drug-likeness (QED) is 0.194. The van der Waals surface area contributed by atoms with Crippen molar-refractivity contribution in [3.63, 3.8) is 0 Å². The van der Waals surface area contributed by atoms with Crippen LogP contribution in [0.4, 0.5) is 29.5 Å². The predicted octanol–water partition coefficient (Wildman–Crippen LogP) is 5.60. The van der Waals surface area contributed by atoms with Crippen molar-refractivity contribution in [2.75, 3.05) is 57.5 Å². The molecule has 4 amide bonds. The summed E-state index contributed by atoms with van der Waals surface area (Å²) in [6.07, 6.45) is -2.00. The van der Waals surface area contributed by atoms with E-state index >= 15 is 0 Å². The third-order valence-corrected chi connectivity index (χ3v) is 9.38. The van der Waals surface area contributed by atoms with Gasteiger partial charge in [0.2, 0.25) is 5.91 Å². The smallest absolute Gasteiger partial charge is 0.435 e. The number of imidazole rings is 1. The molecule has 306 valence electrons. The normalized spacial score (nSPS) is 14.1. The van der Waals surface area contributed by atoms with Gasteiger partial charge in [0.05, 0.1) is 28.0 Å². The molecule has 0 aliphatic carbocycles. The monoisotopic (exact) mass is 815 g/mol. The molecule has 0 bridgehead atoms. The number of nitrogens with one attached hydrogen (secondary N) is 2. The molecule has 57 heavy (non-hydrogen) atoms. The van der Waals surface area contributed by atoms with Crippen LogP contribution in [0, 0.1) is 5.92 Å². The van der Waals surface area contributed by atoms with E-state index in [1.807, 2.05) is 25.9 Å². The van der Waals surface area contributed by atoms with E-state index in [2.05, 4.69) is 30.9 Å². The first-order chi connectivity index (χ1) is 26.7. The fraction of sp³-hybridized carbons (Fsp3) is 0.459. The van der Waals surface area contributed by atoms with Gasteiger partial charge in [-0.2, -0.15) is 18.3 Å². The Balaban J connectivity index is 1.25. The van der Waals surface area contributed by atoms with E-state index in [-0.39, 0.29) is 62.7 Å². The highest BCUT2D eigenvalue weighted by molar-refractivity contribution is 6.34. The summed E-state index contributed by atoms with van der Waals surface area (Å²) in [7, 11) is 5.31. The molecule has 1 aliphatic heterocycles. The van der Waals surface area contributed by atoms with Crippen LogP contribution >= 0.6 is 11.6 Å². The number of ether oxygens (including phenoxy) is 1. The van der Waals surface area contributed by atoms with Crippen molar-refractivity contribution in [2.24, 2.45) is 13.0 Å². The van der Waals surface area contributed by atoms with Crippen LogP contribution < -0.4 is 10.6 Å². The van der Waals surface area contributed by atoms with Gasteiger partial charge < -0.3 is 29.3 Å². The number of benzene rings is 1. The zero-order valence-electron chi connectivity index (χ0n) is 32.6. The van der Waals surface area contributed by atoms with Crippen molar-refractivity contribution < 1.29 is 37.1 Å². The number of anilines is 2. The van der Waals surface area contributed by atoms with E-state index in [4.69, 9.17) is 16.3 Å². The first-order valence-corrected chi connectivity index (χ1v) is 18.5. The molecule has 0 saturated carbocycles. The van der Waals surface area contributed by atoms with Crippen LogP contribution in [0.5, 0.6) is 0 Å². The van der Waals surface area contributed by atoms with Crippen molar-refractivity contribution in [1.29, 1.82) is 0 Å². The van der Waals surface area contributed by atoms with Crippen LogP contribution in [-0.2, 0) is 22.8 Å². The van der Waals surface area contributed by atoms with Crippen LogP contribution in [0.3, 0.4) is 0 Å². The van der Waals surface area contributed by atoms with Gasteiger partial charge in [-0.1, -0.05) is 18.5 Å². The second-order valence-corrected chi connectivity index (χ2v) is 15.1. The Hall–Kier alpha value is -5.56. The molecule has 16 nitrogen and oxygen atoms in total. The van der Waals surface area contributed by atoms with Gasteiger partial charge in [0.25, 0.3) is 11.8 Å². The fourth-order valence-electron chi connectivity index (χ4n) is 6.11. The van der Waals surface area contributed by atoms with Gasteiger partial charge in [-0.25, -0.2) is 14.5 Å². The minimum atomic E-state index is -4.90. The molecule has 1 unspecified atom stereocenters. The largest absolute Gasteiger partial charge is 0.444 e. The number of carbonyl (C=O) groups is 4. The Morgan fingerprint density at radius 3 is 2.25 bits per heavy atom. The number of hydrogen-bond donors (Lipinski definition) is 2. The lowest BCUT2D eigenvalue weighted by atomic mass is 10.00. The number of nitrogens with zero attached hydrogens (tertiary/aromatic N) is 9. The first kappa shape index (κ1) is 42.6. The average Bonchev–Trinajstić information content (AvgIpc) is 3.75. The van der Waals surface area contributed by atoms with Crippen LogP contribution in [0.15, 0.2) is 42.7 Å². The van der Waals surface area contributed by atoms with E-state index in [9.17, 15) is 32.3 Å². The lowest BCUT2D eigenvalue weighted by Gasteiger charge is -2.36. The number of halogens is 4. The minimum Gasteiger partial charge on any atom is -0.444 e. The third-order valence-electron chi connectivity index (χ3n) is 9.07. The highest BCUT2D eigenvalue weighted by Gasteiger charge is 2.39. The van der Waals surface area contributed by atoms with Crippen LogP contribution in [0.25, 0.3) is 17.1 Å². The molecule has 1 fully saturated rings. The highest BCUT2D eigenvalue weighted by Crippen LogP contribution is 2.37. The Bertz CT molecular complexity index is 2100. The molecule has 4 heterocycles. The maximum absolute atomic E-state index is 14.2. The Morgan fingerprint density at radius 1 is 0.982 bits per heavy atom. The molecule has 1 atom stereocenters. The molecule has 5 rings (SSSR count). The van der Waals surface area contributed by atoms with E-state index in [0.29, 0.717) is 26.2 Å². The number of carbonyl (C=O) groups excluding carboxylic acids is 4. The Morgan fingerprint density at radius 2 is 1.67 bits per heavy atom. The number of amides is 4. The zero-order valence-corrected chi connectivity index (χ0v) is 33.4. The highest BCUT2D eigenvalue weighted by atomic mass is 35.5. The maximum atomic E-state index is 14.2. The van der Waals surface area contributed by atoms with E-state index < -0.39 is 29.5 Å². The van der Waals surface area contributed by atoms with Gasteiger partial charge in [0, 0.05) is 51.0 Å². The summed E-state index contributed by atoms with van der Waals surface area (Å²) in [5.74, 6) is -1.38. The van der Waals surface area contributed by atoms with Crippen molar-refractivity contribution in [1.82, 2.24) is 44.2 Å².